The molecule has 0 fully saturated rings. The molecule has 8 nitrogen and oxygen atoms in total. The zero-order valence-electron chi connectivity index (χ0n) is 18.0. The van der Waals surface area contributed by atoms with Crippen molar-refractivity contribution in [2.45, 2.75) is 10.1 Å². The molecule has 0 spiro atoms. The van der Waals surface area contributed by atoms with E-state index in [-0.39, 0.29) is 11.5 Å². The third kappa shape index (κ3) is 3.41. The maximum atomic E-state index is 15.4. The zero-order chi connectivity index (χ0) is 23.4. The van der Waals surface area contributed by atoms with Crippen molar-refractivity contribution in [2.75, 3.05) is 0 Å². The summed E-state index contributed by atoms with van der Waals surface area (Å²) in [5.41, 5.74) is 3.09. The predicted molar refractivity (Wildman–Crippen MR) is 123 cm³/mol. The van der Waals surface area contributed by atoms with Crippen LogP contribution in [0, 0.1) is 11.6 Å². The van der Waals surface area contributed by atoms with Gasteiger partial charge in [0.2, 0.25) is 5.16 Å². The van der Waals surface area contributed by atoms with Gasteiger partial charge in [0.05, 0.1) is 17.9 Å². The highest BCUT2D eigenvalue weighted by Gasteiger charge is 2.16. The monoisotopic (exact) mass is 474 g/mol. The molecule has 168 valence electrons. The quantitative estimate of drug-likeness (QED) is 0.374. The van der Waals surface area contributed by atoms with Gasteiger partial charge in [0, 0.05) is 71.4 Å². The van der Waals surface area contributed by atoms with Crippen molar-refractivity contribution in [1.82, 2.24) is 39.1 Å². The summed E-state index contributed by atoms with van der Waals surface area (Å²) in [6, 6.07) is 6.70. The van der Waals surface area contributed by atoms with Gasteiger partial charge in [0.15, 0.2) is 11.5 Å². The lowest BCUT2D eigenvalue weighted by atomic mass is 10.1. The van der Waals surface area contributed by atoms with E-state index in [1.807, 2.05) is 6.07 Å². The topological polar surface area (TPSA) is 78.7 Å². The van der Waals surface area contributed by atoms with Gasteiger partial charge in [0.25, 0.3) is 0 Å². The van der Waals surface area contributed by atoms with Crippen LogP contribution in [0.5, 0.6) is 0 Å². The lowest BCUT2D eigenvalue weighted by Crippen LogP contribution is -1.93. The number of nitrogens with zero attached hydrogens (tertiary/aromatic N) is 8. The minimum atomic E-state index is -0.490. The highest BCUT2D eigenvalue weighted by molar-refractivity contribution is 7.99. The van der Waals surface area contributed by atoms with Crippen molar-refractivity contribution in [1.29, 1.82) is 0 Å². The van der Waals surface area contributed by atoms with Crippen molar-refractivity contribution < 1.29 is 8.78 Å². The van der Waals surface area contributed by atoms with Crippen molar-refractivity contribution in [3.05, 3.63) is 73.1 Å². The standard InChI is InChI=1S/C23H16F2N8S/c1-31-10-14(7-27-31)13-5-19(24)22-29-30-23(33(22)12-13)34-16-3-4-20-17(6-16)21(25)18(9-26-20)15-8-28-32(2)11-15/h3-12H,1-2H3. The normalized spacial score (nSPS) is 11.6. The molecule has 0 radical (unpaired) electrons. The molecule has 6 rings (SSSR count). The first-order valence-electron chi connectivity index (χ1n) is 10.2. The van der Waals surface area contributed by atoms with Crippen molar-refractivity contribution in [3.8, 4) is 22.3 Å². The van der Waals surface area contributed by atoms with E-state index in [1.165, 1.54) is 24.0 Å². The third-order valence-corrected chi connectivity index (χ3v) is 6.42. The van der Waals surface area contributed by atoms with E-state index in [0.717, 1.165) is 10.5 Å². The molecule has 34 heavy (non-hydrogen) atoms. The fourth-order valence-electron chi connectivity index (χ4n) is 3.80. The Bertz CT molecular complexity index is 1700. The second kappa shape index (κ2) is 7.73. The van der Waals surface area contributed by atoms with Gasteiger partial charge in [-0.3, -0.25) is 18.7 Å². The van der Waals surface area contributed by atoms with Crippen LogP contribution in [0.25, 0.3) is 38.8 Å². The molecule has 11 heteroatoms. The summed E-state index contributed by atoms with van der Waals surface area (Å²) in [6.07, 6.45) is 10.1. The predicted octanol–water partition coefficient (Wildman–Crippen LogP) is 4.51. The van der Waals surface area contributed by atoms with Crippen LogP contribution < -0.4 is 0 Å². The van der Waals surface area contributed by atoms with E-state index in [1.54, 1.807) is 71.0 Å². The van der Waals surface area contributed by atoms with Gasteiger partial charge < -0.3 is 0 Å². The van der Waals surface area contributed by atoms with Crippen LogP contribution in [0.15, 0.2) is 71.5 Å². The Labute approximate surface area is 195 Å². The fraction of sp³-hybridized carbons (Fsp3) is 0.0870. The molecule has 0 bridgehead atoms. The Morgan fingerprint density at radius 1 is 0.824 bits per heavy atom. The minimum Gasteiger partial charge on any atom is -0.275 e. The van der Waals surface area contributed by atoms with Gasteiger partial charge >= 0.3 is 0 Å². The van der Waals surface area contributed by atoms with Crippen LogP contribution in [0.4, 0.5) is 8.78 Å². The molecule has 5 aromatic heterocycles. The fourth-order valence-corrected chi connectivity index (χ4v) is 4.64. The Morgan fingerprint density at radius 2 is 1.59 bits per heavy atom. The molecule has 0 unspecified atom stereocenters. The summed E-state index contributed by atoms with van der Waals surface area (Å²) in [6.45, 7) is 0. The first kappa shape index (κ1) is 20.5. The lowest BCUT2D eigenvalue weighted by molar-refractivity contribution is 0.629. The van der Waals surface area contributed by atoms with E-state index in [2.05, 4.69) is 25.4 Å². The number of hydrogen-bond acceptors (Lipinski definition) is 6. The maximum absolute atomic E-state index is 15.4. The third-order valence-electron chi connectivity index (χ3n) is 5.47. The van der Waals surface area contributed by atoms with Crippen LogP contribution in [0.2, 0.25) is 0 Å². The molecule has 0 atom stereocenters. The Balaban J connectivity index is 1.41. The second-order valence-corrected chi connectivity index (χ2v) is 8.87. The number of hydrogen-bond donors (Lipinski definition) is 0. The number of aromatic nitrogens is 8. The van der Waals surface area contributed by atoms with Crippen molar-refractivity contribution in [3.63, 3.8) is 0 Å². The van der Waals surface area contributed by atoms with E-state index in [0.29, 0.717) is 32.7 Å². The van der Waals surface area contributed by atoms with Crippen LogP contribution >= 0.6 is 11.8 Å². The van der Waals surface area contributed by atoms with Gasteiger partial charge in [-0.2, -0.15) is 10.2 Å². The molecule has 0 aliphatic carbocycles. The van der Waals surface area contributed by atoms with Gasteiger partial charge in [-0.1, -0.05) is 0 Å². The summed E-state index contributed by atoms with van der Waals surface area (Å²) < 4.78 is 35.0. The Kier molecular flexibility index (Phi) is 4.66. The van der Waals surface area contributed by atoms with E-state index < -0.39 is 5.82 Å². The summed E-state index contributed by atoms with van der Waals surface area (Å²) in [7, 11) is 3.57. The van der Waals surface area contributed by atoms with E-state index >= 15 is 4.39 Å². The number of pyridine rings is 2. The molecule has 0 saturated heterocycles. The summed E-state index contributed by atoms with van der Waals surface area (Å²) in [4.78, 5) is 5.12. The lowest BCUT2D eigenvalue weighted by Gasteiger charge is -2.07. The molecule has 0 saturated carbocycles. The van der Waals surface area contributed by atoms with Crippen LogP contribution in [0.3, 0.4) is 0 Å². The molecule has 0 N–H and O–H groups in total. The Hall–Kier alpha value is -4.12. The molecule has 1 aromatic carbocycles. The van der Waals surface area contributed by atoms with Crippen molar-refractivity contribution >= 4 is 28.3 Å². The van der Waals surface area contributed by atoms with Crippen LogP contribution in [-0.4, -0.2) is 39.1 Å². The Morgan fingerprint density at radius 3 is 2.32 bits per heavy atom. The average molecular weight is 475 g/mol. The van der Waals surface area contributed by atoms with Gasteiger partial charge in [-0.25, -0.2) is 8.78 Å². The molecule has 0 aliphatic heterocycles. The number of halogens is 2. The highest BCUT2D eigenvalue weighted by Crippen LogP contribution is 2.33. The first-order valence-corrected chi connectivity index (χ1v) is 11.1. The summed E-state index contributed by atoms with van der Waals surface area (Å²) >= 11 is 1.26. The number of benzene rings is 1. The average Bonchev–Trinajstić information content (AvgIpc) is 3.55. The maximum Gasteiger partial charge on any atom is 0.200 e. The van der Waals surface area contributed by atoms with Gasteiger partial charge in [-0.05, 0) is 36.0 Å². The molecule has 0 amide bonds. The SMILES string of the molecule is Cn1cc(-c2cc(F)c3nnc(Sc4ccc5ncc(-c6cnn(C)c6)c(F)c5c4)n3c2)cn1. The summed E-state index contributed by atoms with van der Waals surface area (Å²) in [5.74, 6) is -0.868. The van der Waals surface area contributed by atoms with Crippen LogP contribution in [0.1, 0.15) is 0 Å². The molecule has 0 aliphatic rings. The van der Waals surface area contributed by atoms with Gasteiger partial charge in [0.1, 0.15) is 5.82 Å². The summed E-state index contributed by atoms with van der Waals surface area (Å²) in [5, 5.41) is 17.2. The molecular formula is C23H16F2N8S. The zero-order valence-corrected chi connectivity index (χ0v) is 18.8. The first-order chi connectivity index (χ1) is 16.5. The smallest absolute Gasteiger partial charge is 0.200 e. The second-order valence-electron chi connectivity index (χ2n) is 7.83. The molecule has 6 aromatic rings. The van der Waals surface area contributed by atoms with Gasteiger partial charge in [-0.15, -0.1) is 10.2 Å². The molecular weight excluding hydrogens is 458 g/mol. The number of aryl methyl sites for hydroxylation is 2. The van der Waals surface area contributed by atoms with E-state index in [4.69, 9.17) is 0 Å². The van der Waals surface area contributed by atoms with Crippen LogP contribution in [-0.2, 0) is 14.1 Å². The number of rotatable bonds is 4. The van der Waals surface area contributed by atoms with Crippen molar-refractivity contribution in [2.24, 2.45) is 14.1 Å². The largest absolute Gasteiger partial charge is 0.275 e. The molecule has 5 heterocycles. The minimum absolute atomic E-state index is 0.114. The number of fused-ring (bicyclic) bond motifs is 2. The van der Waals surface area contributed by atoms with E-state index in [9.17, 15) is 4.39 Å². The highest BCUT2D eigenvalue weighted by atomic mass is 32.2.